The van der Waals surface area contributed by atoms with Gasteiger partial charge in [-0.1, -0.05) is 17.7 Å². The third-order valence-electron chi connectivity index (χ3n) is 2.52. The smallest absolute Gasteiger partial charge is 0.120 e. The molecule has 1 heterocycles. The van der Waals surface area contributed by atoms with E-state index in [2.05, 4.69) is 4.98 Å². The first-order valence-electron chi connectivity index (χ1n) is 5.01. The molecule has 0 aliphatic heterocycles. The number of benzene rings is 1. The van der Waals surface area contributed by atoms with Gasteiger partial charge in [0.15, 0.2) is 0 Å². The molecule has 16 heavy (non-hydrogen) atoms. The maximum absolute atomic E-state index is 6.16. The predicted molar refractivity (Wildman–Crippen MR) is 64.1 cm³/mol. The van der Waals surface area contributed by atoms with E-state index in [1.807, 2.05) is 35.9 Å². The zero-order valence-electron chi connectivity index (χ0n) is 9.27. The fourth-order valence-electron chi connectivity index (χ4n) is 1.54. The van der Waals surface area contributed by atoms with Crippen molar-refractivity contribution in [2.24, 2.45) is 0 Å². The Labute approximate surface area is 99.6 Å². The number of imidazole rings is 1. The summed E-state index contributed by atoms with van der Waals surface area (Å²) in [7, 11) is 1.63. The number of aryl methyl sites for hydroxylation is 1. The molecule has 0 amide bonds. The molecule has 3 nitrogen and oxygen atoms in total. The Bertz CT molecular complexity index is 494. The average Bonchev–Trinajstić information content (AvgIpc) is 2.67. The lowest BCUT2D eigenvalue weighted by atomic mass is 10.2. The molecule has 84 valence electrons. The summed E-state index contributed by atoms with van der Waals surface area (Å²) in [6, 6.07) is 5.71. The van der Waals surface area contributed by atoms with Crippen molar-refractivity contribution in [2.75, 3.05) is 7.11 Å². The van der Waals surface area contributed by atoms with Gasteiger partial charge < -0.3 is 9.30 Å². The number of halogens is 1. The van der Waals surface area contributed by atoms with E-state index >= 15 is 0 Å². The highest BCUT2D eigenvalue weighted by Gasteiger charge is 2.04. The summed E-state index contributed by atoms with van der Waals surface area (Å²) in [5.74, 6) is 1.75. The SMILES string of the molecule is COc1ccc(Cn2ccnc2C)c(Cl)c1. The van der Waals surface area contributed by atoms with E-state index in [-0.39, 0.29) is 0 Å². The van der Waals surface area contributed by atoms with Crippen LogP contribution >= 0.6 is 11.6 Å². The summed E-state index contributed by atoms with van der Waals surface area (Å²) in [6.07, 6.45) is 3.72. The van der Waals surface area contributed by atoms with Crippen molar-refractivity contribution in [2.45, 2.75) is 13.5 Å². The molecule has 2 aromatic rings. The van der Waals surface area contributed by atoms with Gasteiger partial charge in [-0.25, -0.2) is 4.98 Å². The molecule has 0 bridgehead atoms. The van der Waals surface area contributed by atoms with Crippen molar-refractivity contribution in [1.29, 1.82) is 0 Å². The normalized spacial score (nSPS) is 10.4. The van der Waals surface area contributed by atoms with E-state index in [0.717, 1.165) is 23.7 Å². The second kappa shape index (κ2) is 4.58. The highest BCUT2D eigenvalue weighted by molar-refractivity contribution is 6.31. The van der Waals surface area contributed by atoms with E-state index in [9.17, 15) is 0 Å². The minimum atomic E-state index is 0.715. The Morgan fingerprint density at radius 2 is 2.25 bits per heavy atom. The lowest BCUT2D eigenvalue weighted by Gasteiger charge is -2.08. The van der Waals surface area contributed by atoms with Gasteiger partial charge in [-0.3, -0.25) is 0 Å². The van der Waals surface area contributed by atoms with E-state index in [1.54, 1.807) is 13.3 Å². The van der Waals surface area contributed by atoms with Crippen LogP contribution in [0, 0.1) is 6.92 Å². The number of methoxy groups -OCH3 is 1. The van der Waals surface area contributed by atoms with Crippen LogP contribution in [0.2, 0.25) is 5.02 Å². The lowest BCUT2D eigenvalue weighted by molar-refractivity contribution is 0.414. The number of aromatic nitrogens is 2. The first-order valence-corrected chi connectivity index (χ1v) is 5.38. The fraction of sp³-hybridized carbons (Fsp3) is 0.250. The molecule has 0 N–H and O–H groups in total. The molecule has 2 rings (SSSR count). The number of rotatable bonds is 3. The van der Waals surface area contributed by atoms with Gasteiger partial charge in [0.2, 0.25) is 0 Å². The zero-order valence-corrected chi connectivity index (χ0v) is 10.0. The molecule has 0 spiro atoms. The van der Waals surface area contributed by atoms with Crippen molar-refractivity contribution in [3.8, 4) is 5.75 Å². The summed E-state index contributed by atoms with van der Waals surface area (Å²) in [5.41, 5.74) is 1.06. The molecule has 1 aromatic heterocycles. The van der Waals surface area contributed by atoms with Crippen LogP contribution in [-0.4, -0.2) is 16.7 Å². The number of hydrogen-bond acceptors (Lipinski definition) is 2. The van der Waals surface area contributed by atoms with Crippen LogP contribution in [0.3, 0.4) is 0 Å². The van der Waals surface area contributed by atoms with E-state index in [4.69, 9.17) is 16.3 Å². The van der Waals surface area contributed by atoms with Gasteiger partial charge in [0.25, 0.3) is 0 Å². The van der Waals surface area contributed by atoms with Gasteiger partial charge in [0, 0.05) is 17.4 Å². The number of hydrogen-bond donors (Lipinski definition) is 0. The Balaban J connectivity index is 2.25. The van der Waals surface area contributed by atoms with Crippen LogP contribution in [0.1, 0.15) is 11.4 Å². The first kappa shape index (κ1) is 11.0. The van der Waals surface area contributed by atoms with Crippen molar-refractivity contribution >= 4 is 11.6 Å². The van der Waals surface area contributed by atoms with Crippen LogP contribution < -0.4 is 4.74 Å². The minimum Gasteiger partial charge on any atom is -0.497 e. The Morgan fingerprint density at radius 3 is 2.81 bits per heavy atom. The van der Waals surface area contributed by atoms with Gasteiger partial charge in [-0.15, -0.1) is 0 Å². The largest absolute Gasteiger partial charge is 0.497 e. The van der Waals surface area contributed by atoms with E-state index in [1.165, 1.54) is 0 Å². The molecule has 0 aliphatic carbocycles. The Morgan fingerprint density at radius 1 is 1.44 bits per heavy atom. The maximum atomic E-state index is 6.16. The highest BCUT2D eigenvalue weighted by atomic mass is 35.5. The topological polar surface area (TPSA) is 27.1 Å². The van der Waals surface area contributed by atoms with Gasteiger partial charge in [0.1, 0.15) is 11.6 Å². The molecule has 0 aliphatic rings. The third kappa shape index (κ3) is 2.19. The summed E-state index contributed by atoms with van der Waals surface area (Å²) < 4.78 is 7.15. The minimum absolute atomic E-state index is 0.715. The van der Waals surface area contributed by atoms with Gasteiger partial charge in [-0.2, -0.15) is 0 Å². The van der Waals surface area contributed by atoms with Crippen molar-refractivity contribution in [1.82, 2.24) is 9.55 Å². The van der Waals surface area contributed by atoms with Crippen LogP contribution in [0.5, 0.6) is 5.75 Å². The van der Waals surface area contributed by atoms with Crippen LogP contribution in [0.25, 0.3) is 0 Å². The van der Waals surface area contributed by atoms with Gasteiger partial charge >= 0.3 is 0 Å². The molecule has 0 saturated carbocycles. The highest BCUT2D eigenvalue weighted by Crippen LogP contribution is 2.23. The Kier molecular flexibility index (Phi) is 3.15. The summed E-state index contributed by atoms with van der Waals surface area (Å²) in [5, 5.41) is 0.715. The second-order valence-corrected chi connectivity index (χ2v) is 3.97. The molecule has 0 unspecified atom stereocenters. The standard InChI is InChI=1S/C12H13ClN2O/c1-9-14-5-6-15(9)8-10-3-4-11(16-2)7-12(10)13/h3-7H,8H2,1-2H3. The van der Waals surface area contributed by atoms with Crippen molar-refractivity contribution in [3.63, 3.8) is 0 Å². The van der Waals surface area contributed by atoms with E-state index < -0.39 is 0 Å². The molecule has 0 atom stereocenters. The average molecular weight is 237 g/mol. The van der Waals surface area contributed by atoms with Gasteiger partial charge in [-0.05, 0) is 24.6 Å². The third-order valence-corrected chi connectivity index (χ3v) is 2.88. The second-order valence-electron chi connectivity index (χ2n) is 3.56. The monoisotopic (exact) mass is 236 g/mol. The molecule has 0 fully saturated rings. The molecule has 0 saturated heterocycles. The maximum Gasteiger partial charge on any atom is 0.120 e. The summed E-state index contributed by atoms with van der Waals surface area (Å²) in [6.45, 7) is 2.70. The first-order chi connectivity index (χ1) is 7.70. The zero-order chi connectivity index (χ0) is 11.5. The fourth-order valence-corrected chi connectivity index (χ4v) is 1.77. The van der Waals surface area contributed by atoms with Crippen molar-refractivity contribution < 1.29 is 4.74 Å². The van der Waals surface area contributed by atoms with Gasteiger partial charge in [0.05, 0.1) is 13.7 Å². The molecule has 4 heteroatoms. The van der Waals surface area contributed by atoms with Crippen LogP contribution in [0.15, 0.2) is 30.6 Å². The molecular weight excluding hydrogens is 224 g/mol. The quantitative estimate of drug-likeness (QED) is 0.820. The molecule has 1 aromatic carbocycles. The van der Waals surface area contributed by atoms with Crippen LogP contribution in [0.4, 0.5) is 0 Å². The summed E-state index contributed by atoms with van der Waals surface area (Å²) >= 11 is 6.16. The van der Waals surface area contributed by atoms with Crippen molar-refractivity contribution in [3.05, 3.63) is 47.0 Å². The molecular formula is C12H13ClN2O. The summed E-state index contributed by atoms with van der Waals surface area (Å²) in [4.78, 5) is 4.17. The van der Waals surface area contributed by atoms with E-state index in [0.29, 0.717) is 5.02 Å². The predicted octanol–water partition coefficient (Wildman–Crippen LogP) is 2.90. The lowest BCUT2D eigenvalue weighted by Crippen LogP contribution is -2.01. The number of ether oxygens (including phenoxy) is 1. The van der Waals surface area contributed by atoms with Crippen LogP contribution in [-0.2, 0) is 6.54 Å². The number of nitrogens with zero attached hydrogens (tertiary/aromatic N) is 2. The Hall–Kier alpha value is -1.48. The molecule has 0 radical (unpaired) electrons.